The van der Waals surface area contributed by atoms with Crippen molar-refractivity contribution in [3.63, 3.8) is 0 Å². The van der Waals surface area contributed by atoms with E-state index in [1.165, 1.54) is 11.3 Å². The average molecular weight is 270 g/mol. The van der Waals surface area contributed by atoms with Crippen LogP contribution in [0.1, 0.15) is 31.5 Å². The highest BCUT2D eigenvalue weighted by Gasteiger charge is 2.25. The summed E-state index contributed by atoms with van der Waals surface area (Å²) in [6.45, 7) is 3.64. The molecule has 0 amide bonds. The SMILES string of the molecule is CCOC(=O)C(NCC1CCCO1)c1cscn1. The van der Waals surface area contributed by atoms with Crippen LogP contribution in [0, 0.1) is 0 Å². The van der Waals surface area contributed by atoms with Crippen molar-refractivity contribution < 1.29 is 14.3 Å². The van der Waals surface area contributed by atoms with Crippen molar-refractivity contribution in [2.45, 2.75) is 31.9 Å². The molecule has 1 aromatic heterocycles. The summed E-state index contributed by atoms with van der Waals surface area (Å²) in [6, 6.07) is -0.486. The number of carbonyl (C=O) groups excluding carboxylic acids is 1. The van der Waals surface area contributed by atoms with Crippen LogP contribution in [0.5, 0.6) is 0 Å². The fraction of sp³-hybridized carbons (Fsp3) is 0.667. The smallest absolute Gasteiger partial charge is 0.329 e. The number of carbonyl (C=O) groups is 1. The molecule has 2 unspecified atom stereocenters. The second-order valence-corrected chi connectivity index (χ2v) is 4.86. The van der Waals surface area contributed by atoms with Crippen molar-refractivity contribution in [1.82, 2.24) is 10.3 Å². The fourth-order valence-electron chi connectivity index (χ4n) is 1.95. The summed E-state index contributed by atoms with van der Waals surface area (Å²) in [5.41, 5.74) is 2.44. The first kappa shape index (κ1) is 13.5. The van der Waals surface area contributed by atoms with E-state index in [9.17, 15) is 4.79 Å². The molecule has 0 aliphatic carbocycles. The third-order valence-electron chi connectivity index (χ3n) is 2.84. The number of nitrogens with one attached hydrogen (secondary N) is 1. The van der Waals surface area contributed by atoms with Crippen LogP contribution in [-0.2, 0) is 14.3 Å². The Bertz CT molecular complexity index is 363. The van der Waals surface area contributed by atoms with Gasteiger partial charge >= 0.3 is 5.97 Å². The molecule has 1 N–H and O–H groups in total. The Balaban J connectivity index is 1.93. The van der Waals surface area contributed by atoms with E-state index in [0.717, 1.165) is 25.1 Å². The summed E-state index contributed by atoms with van der Waals surface area (Å²) in [4.78, 5) is 16.1. The van der Waals surface area contributed by atoms with Gasteiger partial charge in [0.25, 0.3) is 0 Å². The van der Waals surface area contributed by atoms with Crippen LogP contribution >= 0.6 is 11.3 Å². The minimum absolute atomic E-state index is 0.195. The summed E-state index contributed by atoms with van der Waals surface area (Å²) in [5, 5.41) is 5.06. The van der Waals surface area contributed by atoms with E-state index in [1.807, 2.05) is 5.38 Å². The van der Waals surface area contributed by atoms with E-state index in [-0.39, 0.29) is 12.1 Å². The molecule has 0 saturated carbocycles. The van der Waals surface area contributed by atoms with E-state index < -0.39 is 6.04 Å². The van der Waals surface area contributed by atoms with Crippen molar-refractivity contribution in [3.05, 3.63) is 16.6 Å². The summed E-state index contributed by atoms with van der Waals surface area (Å²) < 4.78 is 10.6. The van der Waals surface area contributed by atoms with Crippen LogP contribution in [-0.4, -0.2) is 36.8 Å². The van der Waals surface area contributed by atoms with E-state index in [1.54, 1.807) is 12.4 Å². The Kier molecular flexibility index (Phi) is 5.10. The van der Waals surface area contributed by atoms with Crippen LogP contribution in [0.25, 0.3) is 0 Å². The van der Waals surface area contributed by atoms with E-state index in [0.29, 0.717) is 13.2 Å². The predicted molar refractivity (Wildman–Crippen MR) is 68.5 cm³/mol. The largest absolute Gasteiger partial charge is 0.465 e. The van der Waals surface area contributed by atoms with Gasteiger partial charge in [-0.2, -0.15) is 0 Å². The normalized spacial score (nSPS) is 20.8. The zero-order valence-electron chi connectivity index (χ0n) is 10.4. The topological polar surface area (TPSA) is 60.5 Å². The Morgan fingerprint density at radius 2 is 2.67 bits per heavy atom. The highest BCUT2D eigenvalue weighted by molar-refractivity contribution is 7.07. The predicted octanol–water partition coefficient (Wildman–Crippen LogP) is 1.52. The van der Waals surface area contributed by atoms with Gasteiger partial charge in [0.1, 0.15) is 6.04 Å². The van der Waals surface area contributed by atoms with Crippen molar-refractivity contribution in [1.29, 1.82) is 0 Å². The second-order valence-electron chi connectivity index (χ2n) is 4.14. The Labute approximate surface area is 111 Å². The maximum absolute atomic E-state index is 11.9. The van der Waals surface area contributed by atoms with Gasteiger partial charge in [0, 0.05) is 18.5 Å². The average Bonchev–Trinajstić information content (AvgIpc) is 3.01. The number of thiazole rings is 1. The van der Waals surface area contributed by atoms with Gasteiger partial charge in [-0.1, -0.05) is 0 Å². The first-order valence-electron chi connectivity index (χ1n) is 6.21. The molecular weight excluding hydrogens is 252 g/mol. The lowest BCUT2D eigenvalue weighted by Crippen LogP contribution is -2.35. The molecule has 0 spiro atoms. The quantitative estimate of drug-likeness (QED) is 0.794. The molecule has 1 aliphatic rings. The minimum Gasteiger partial charge on any atom is -0.465 e. The molecule has 5 nitrogen and oxygen atoms in total. The molecule has 1 saturated heterocycles. The van der Waals surface area contributed by atoms with E-state index in [2.05, 4.69) is 10.3 Å². The van der Waals surface area contributed by atoms with Crippen molar-refractivity contribution in [3.8, 4) is 0 Å². The fourth-order valence-corrected chi connectivity index (χ4v) is 2.53. The first-order valence-corrected chi connectivity index (χ1v) is 7.15. The van der Waals surface area contributed by atoms with Gasteiger partial charge in [0.15, 0.2) is 0 Å². The van der Waals surface area contributed by atoms with Gasteiger partial charge < -0.3 is 9.47 Å². The summed E-state index contributed by atoms with van der Waals surface area (Å²) in [5.74, 6) is -0.276. The molecule has 1 aliphatic heterocycles. The van der Waals surface area contributed by atoms with Crippen LogP contribution in [0.15, 0.2) is 10.9 Å². The highest BCUT2D eigenvalue weighted by Crippen LogP contribution is 2.17. The van der Waals surface area contributed by atoms with Gasteiger partial charge in [0.2, 0.25) is 0 Å². The highest BCUT2D eigenvalue weighted by atomic mass is 32.1. The third kappa shape index (κ3) is 3.51. The maximum Gasteiger partial charge on any atom is 0.329 e. The zero-order chi connectivity index (χ0) is 12.8. The molecule has 2 rings (SSSR count). The molecule has 2 heterocycles. The van der Waals surface area contributed by atoms with E-state index >= 15 is 0 Å². The molecule has 6 heteroatoms. The summed E-state index contributed by atoms with van der Waals surface area (Å²) in [6.07, 6.45) is 2.33. The Morgan fingerprint density at radius 1 is 1.78 bits per heavy atom. The van der Waals surface area contributed by atoms with Crippen LogP contribution in [0.3, 0.4) is 0 Å². The molecule has 0 bridgehead atoms. The Hall–Kier alpha value is -0.980. The molecule has 1 aromatic rings. The lowest BCUT2D eigenvalue weighted by atomic mass is 10.2. The van der Waals surface area contributed by atoms with E-state index in [4.69, 9.17) is 9.47 Å². The number of nitrogens with zero attached hydrogens (tertiary/aromatic N) is 1. The molecule has 0 aromatic carbocycles. The lowest BCUT2D eigenvalue weighted by Gasteiger charge is -2.17. The minimum atomic E-state index is -0.486. The van der Waals surface area contributed by atoms with Gasteiger partial charge in [0.05, 0.1) is 23.9 Å². The van der Waals surface area contributed by atoms with Crippen molar-refractivity contribution in [2.24, 2.45) is 0 Å². The molecule has 100 valence electrons. The van der Waals surface area contributed by atoms with Crippen LogP contribution in [0.4, 0.5) is 0 Å². The number of hydrogen-bond donors (Lipinski definition) is 1. The van der Waals surface area contributed by atoms with Gasteiger partial charge in [-0.15, -0.1) is 11.3 Å². The van der Waals surface area contributed by atoms with Gasteiger partial charge in [-0.05, 0) is 19.8 Å². The Morgan fingerprint density at radius 3 is 3.28 bits per heavy atom. The monoisotopic (exact) mass is 270 g/mol. The van der Waals surface area contributed by atoms with Crippen LogP contribution in [0.2, 0.25) is 0 Å². The summed E-state index contributed by atoms with van der Waals surface area (Å²) in [7, 11) is 0. The lowest BCUT2D eigenvalue weighted by molar-refractivity contribution is -0.146. The van der Waals surface area contributed by atoms with Crippen molar-refractivity contribution in [2.75, 3.05) is 19.8 Å². The molecular formula is C12H18N2O3S. The maximum atomic E-state index is 11.9. The summed E-state index contributed by atoms with van der Waals surface area (Å²) >= 11 is 1.47. The number of rotatable bonds is 6. The number of ether oxygens (including phenoxy) is 2. The molecule has 1 fully saturated rings. The second kappa shape index (κ2) is 6.82. The standard InChI is InChI=1S/C12H18N2O3S/c1-2-16-12(15)11(10-7-18-8-14-10)13-6-9-4-3-5-17-9/h7-9,11,13H,2-6H2,1H3. The van der Waals surface area contributed by atoms with Gasteiger partial charge in [-0.25, -0.2) is 9.78 Å². The zero-order valence-corrected chi connectivity index (χ0v) is 11.2. The third-order valence-corrected chi connectivity index (χ3v) is 3.45. The molecule has 0 radical (unpaired) electrons. The van der Waals surface area contributed by atoms with Gasteiger partial charge in [-0.3, -0.25) is 5.32 Å². The number of hydrogen-bond acceptors (Lipinski definition) is 6. The molecule has 18 heavy (non-hydrogen) atoms. The van der Waals surface area contributed by atoms with Crippen molar-refractivity contribution >= 4 is 17.3 Å². The first-order chi connectivity index (χ1) is 8.81. The molecule has 2 atom stereocenters. The number of esters is 1. The number of aromatic nitrogens is 1. The van der Waals surface area contributed by atoms with Crippen LogP contribution < -0.4 is 5.32 Å².